The van der Waals surface area contributed by atoms with Crippen LogP contribution < -0.4 is 15.2 Å². The first-order chi connectivity index (χ1) is 7.89. The third-order valence-corrected chi connectivity index (χ3v) is 3.43. The Morgan fingerprint density at radius 2 is 2.12 bits per heavy atom. The van der Waals surface area contributed by atoms with Crippen LogP contribution in [0.4, 0.5) is 5.69 Å². The number of benzene rings is 1. The van der Waals surface area contributed by atoms with Crippen LogP contribution in [0.2, 0.25) is 0 Å². The number of nitrogens with one attached hydrogen (secondary N) is 1. The van der Waals surface area contributed by atoms with Gasteiger partial charge in [0, 0.05) is 17.8 Å². The number of sulfonamides is 1. The van der Waals surface area contributed by atoms with Gasteiger partial charge in [-0.2, -0.15) is 0 Å². The number of anilines is 1. The van der Waals surface area contributed by atoms with Crippen molar-refractivity contribution in [1.29, 1.82) is 0 Å². The van der Waals surface area contributed by atoms with Gasteiger partial charge in [0.1, 0.15) is 12.4 Å². The Kier molecular flexibility index (Phi) is 4.77. The molecule has 0 fully saturated rings. The smallest absolute Gasteiger partial charge is 0.215 e. The Hall–Kier alpha value is -1.27. The van der Waals surface area contributed by atoms with Crippen LogP contribution in [-0.4, -0.2) is 26.8 Å². The molecule has 0 unspecified atom stereocenters. The fourth-order valence-electron chi connectivity index (χ4n) is 1.29. The Balaban J connectivity index is 2.43. The Morgan fingerprint density at radius 1 is 1.41 bits per heavy atom. The second-order valence-corrected chi connectivity index (χ2v) is 5.89. The predicted octanol–water partition coefficient (Wildman–Crippen LogP) is 0.975. The second-order valence-electron chi connectivity index (χ2n) is 4.01. The first kappa shape index (κ1) is 13.8. The average molecular weight is 258 g/mol. The highest BCUT2D eigenvalue weighted by molar-refractivity contribution is 7.89. The SMILES string of the molecule is CC(C)NS(=O)(=O)CCOc1cccc(N)c1. The molecule has 0 aromatic heterocycles. The molecule has 0 saturated carbocycles. The average Bonchev–Trinajstić information content (AvgIpc) is 2.15. The number of hydrogen-bond acceptors (Lipinski definition) is 4. The summed E-state index contributed by atoms with van der Waals surface area (Å²) in [6.07, 6.45) is 0. The minimum absolute atomic E-state index is 0.0695. The van der Waals surface area contributed by atoms with Gasteiger partial charge in [-0.3, -0.25) is 0 Å². The van der Waals surface area contributed by atoms with E-state index in [-0.39, 0.29) is 18.4 Å². The van der Waals surface area contributed by atoms with Crippen molar-refractivity contribution in [2.45, 2.75) is 19.9 Å². The van der Waals surface area contributed by atoms with Crippen molar-refractivity contribution in [3.8, 4) is 5.75 Å². The lowest BCUT2D eigenvalue weighted by Gasteiger charge is -2.10. The molecule has 0 spiro atoms. The molecule has 3 N–H and O–H groups in total. The zero-order valence-corrected chi connectivity index (χ0v) is 10.8. The van der Waals surface area contributed by atoms with Crippen LogP contribution in [0.5, 0.6) is 5.75 Å². The van der Waals surface area contributed by atoms with Crippen LogP contribution >= 0.6 is 0 Å². The zero-order chi connectivity index (χ0) is 12.9. The summed E-state index contributed by atoms with van der Waals surface area (Å²) >= 11 is 0. The van der Waals surface area contributed by atoms with Crippen molar-refractivity contribution in [3.63, 3.8) is 0 Å². The molecule has 0 atom stereocenters. The molecule has 96 valence electrons. The number of hydrogen-bond donors (Lipinski definition) is 2. The first-order valence-corrected chi connectivity index (χ1v) is 7.02. The molecule has 0 amide bonds. The van der Waals surface area contributed by atoms with Gasteiger partial charge in [0.25, 0.3) is 0 Å². The molecular weight excluding hydrogens is 240 g/mol. The summed E-state index contributed by atoms with van der Waals surface area (Å²) in [5.41, 5.74) is 6.16. The molecule has 0 radical (unpaired) electrons. The fraction of sp³-hybridized carbons (Fsp3) is 0.455. The Labute approximate surface area is 102 Å². The van der Waals surface area contributed by atoms with Gasteiger partial charge in [0.15, 0.2) is 0 Å². The summed E-state index contributed by atoms with van der Waals surface area (Å²) in [4.78, 5) is 0. The van der Waals surface area contributed by atoms with E-state index in [1.165, 1.54) is 0 Å². The molecule has 0 aliphatic carbocycles. The van der Waals surface area contributed by atoms with Crippen LogP contribution in [0.15, 0.2) is 24.3 Å². The molecule has 0 aliphatic heterocycles. The number of ether oxygens (including phenoxy) is 1. The number of nitrogens with two attached hydrogens (primary N) is 1. The maximum absolute atomic E-state index is 11.5. The third-order valence-electron chi connectivity index (χ3n) is 1.89. The maximum atomic E-state index is 11.5. The van der Waals surface area contributed by atoms with E-state index in [1.807, 2.05) is 0 Å². The second kappa shape index (κ2) is 5.88. The van der Waals surface area contributed by atoms with Crippen LogP contribution in [-0.2, 0) is 10.0 Å². The summed E-state index contributed by atoms with van der Waals surface area (Å²) in [5, 5.41) is 0. The van der Waals surface area contributed by atoms with E-state index in [0.29, 0.717) is 11.4 Å². The molecule has 5 nitrogen and oxygen atoms in total. The van der Waals surface area contributed by atoms with Crippen LogP contribution in [0.3, 0.4) is 0 Å². The highest BCUT2D eigenvalue weighted by Crippen LogP contribution is 2.14. The minimum Gasteiger partial charge on any atom is -0.492 e. The normalized spacial score (nSPS) is 11.7. The highest BCUT2D eigenvalue weighted by Gasteiger charge is 2.11. The van der Waals surface area contributed by atoms with E-state index in [1.54, 1.807) is 38.1 Å². The van der Waals surface area contributed by atoms with Gasteiger partial charge in [-0.25, -0.2) is 13.1 Å². The van der Waals surface area contributed by atoms with Gasteiger partial charge in [-0.1, -0.05) is 6.07 Å². The molecule has 17 heavy (non-hydrogen) atoms. The van der Waals surface area contributed by atoms with E-state index in [2.05, 4.69) is 4.72 Å². The quantitative estimate of drug-likeness (QED) is 0.745. The number of rotatable bonds is 6. The monoisotopic (exact) mass is 258 g/mol. The minimum atomic E-state index is -3.27. The molecular formula is C11H18N2O3S. The summed E-state index contributed by atoms with van der Waals surface area (Å²) in [6.45, 7) is 3.65. The van der Waals surface area contributed by atoms with E-state index >= 15 is 0 Å². The van der Waals surface area contributed by atoms with Gasteiger partial charge in [0.2, 0.25) is 10.0 Å². The lowest BCUT2D eigenvalue weighted by atomic mass is 10.3. The summed E-state index contributed by atoms with van der Waals surface area (Å²) in [7, 11) is -3.27. The topological polar surface area (TPSA) is 81.4 Å². The van der Waals surface area contributed by atoms with Crippen molar-refractivity contribution < 1.29 is 13.2 Å². The van der Waals surface area contributed by atoms with Crippen molar-refractivity contribution in [2.24, 2.45) is 0 Å². The first-order valence-electron chi connectivity index (χ1n) is 5.37. The van der Waals surface area contributed by atoms with Crippen molar-refractivity contribution in [2.75, 3.05) is 18.1 Å². The maximum Gasteiger partial charge on any atom is 0.215 e. The molecule has 1 aromatic carbocycles. The summed E-state index contributed by atoms with van der Waals surface area (Å²) in [5.74, 6) is 0.504. The van der Waals surface area contributed by atoms with Gasteiger partial charge < -0.3 is 10.5 Å². The van der Waals surface area contributed by atoms with Gasteiger partial charge in [-0.15, -0.1) is 0 Å². The molecule has 0 heterocycles. The summed E-state index contributed by atoms with van der Waals surface area (Å²) < 4.78 is 30.8. The van der Waals surface area contributed by atoms with E-state index in [9.17, 15) is 8.42 Å². The van der Waals surface area contributed by atoms with Gasteiger partial charge in [-0.05, 0) is 26.0 Å². The molecule has 6 heteroatoms. The standard InChI is InChI=1S/C11H18N2O3S/c1-9(2)13-17(14,15)7-6-16-11-5-3-4-10(12)8-11/h3-5,8-9,13H,6-7,12H2,1-2H3. The van der Waals surface area contributed by atoms with Crippen LogP contribution in [0.1, 0.15) is 13.8 Å². The number of nitrogen functional groups attached to an aromatic ring is 1. The van der Waals surface area contributed by atoms with Gasteiger partial charge >= 0.3 is 0 Å². The van der Waals surface area contributed by atoms with Crippen molar-refractivity contribution in [1.82, 2.24) is 4.72 Å². The largest absolute Gasteiger partial charge is 0.492 e. The Bertz CT molecular complexity index is 458. The fourth-order valence-corrected chi connectivity index (χ4v) is 2.43. The summed E-state index contributed by atoms with van der Waals surface area (Å²) in [6, 6.07) is 6.78. The van der Waals surface area contributed by atoms with Crippen molar-refractivity contribution in [3.05, 3.63) is 24.3 Å². The Morgan fingerprint density at radius 3 is 2.71 bits per heavy atom. The third kappa shape index (κ3) is 5.55. The molecule has 0 saturated heterocycles. The van der Waals surface area contributed by atoms with E-state index in [0.717, 1.165) is 0 Å². The van der Waals surface area contributed by atoms with E-state index in [4.69, 9.17) is 10.5 Å². The highest BCUT2D eigenvalue weighted by atomic mass is 32.2. The lowest BCUT2D eigenvalue weighted by molar-refractivity contribution is 0.340. The molecule has 1 rings (SSSR count). The lowest BCUT2D eigenvalue weighted by Crippen LogP contribution is -2.34. The van der Waals surface area contributed by atoms with Crippen LogP contribution in [0.25, 0.3) is 0 Å². The van der Waals surface area contributed by atoms with Crippen molar-refractivity contribution >= 4 is 15.7 Å². The molecule has 0 bridgehead atoms. The molecule has 0 aliphatic rings. The predicted molar refractivity (Wildman–Crippen MR) is 68.4 cm³/mol. The van der Waals surface area contributed by atoms with Crippen LogP contribution in [0, 0.1) is 0 Å². The zero-order valence-electron chi connectivity index (χ0n) is 10.0. The van der Waals surface area contributed by atoms with Gasteiger partial charge in [0.05, 0.1) is 5.75 Å². The van der Waals surface area contributed by atoms with E-state index < -0.39 is 10.0 Å². The molecule has 1 aromatic rings.